The fourth-order valence-corrected chi connectivity index (χ4v) is 3.22. The van der Waals surface area contributed by atoms with E-state index in [4.69, 9.17) is 21.1 Å². The van der Waals surface area contributed by atoms with Crippen molar-refractivity contribution in [3.63, 3.8) is 0 Å². The fraction of sp³-hybridized carbons (Fsp3) is 0.333. The number of nitrogens with zero attached hydrogens (tertiary/aromatic N) is 1. The van der Waals surface area contributed by atoms with Crippen LogP contribution in [-0.2, 0) is 4.79 Å². The minimum Gasteiger partial charge on any atom is -0.494 e. The van der Waals surface area contributed by atoms with Gasteiger partial charge >= 0.3 is 0 Å². The molecule has 3 rings (SSSR count). The van der Waals surface area contributed by atoms with Crippen LogP contribution in [0.5, 0.6) is 11.5 Å². The van der Waals surface area contributed by atoms with Crippen LogP contribution in [0.3, 0.4) is 0 Å². The summed E-state index contributed by atoms with van der Waals surface area (Å²) in [5, 5.41) is 3.32. The smallest absolute Gasteiger partial charge is 0.253 e. The van der Waals surface area contributed by atoms with Gasteiger partial charge in [-0.1, -0.05) is 11.6 Å². The van der Waals surface area contributed by atoms with Gasteiger partial charge in [-0.15, -0.1) is 0 Å². The van der Waals surface area contributed by atoms with Gasteiger partial charge in [0.25, 0.3) is 5.91 Å². The summed E-state index contributed by atoms with van der Waals surface area (Å²) in [7, 11) is 0. The standard InChI is InChI=1S/C21H23ClN2O4/c1-2-27-16-6-8-17(9-7-16)28-13-11-23-21(26)18-10-5-15(22)14-19(18)24-12-3-4-20(24)25/h5-10,14H,2-4,11-13H2,1H3,(H,23,26). The Hall–Kier alpha value is -2.73. The van der Waals surface area contributed by atoms with Crippen molar-refractivity contribution in [2.24, 2.45) is 0 Å². The van der Waals surface area contributed by atoms with Gasteiger partial charge in [-0.3, -0.25) is 9.59 Å². The lowest BCUT2D eigenvalue weighted by Crippen LogP contribution is -2.31. The second-order valence-electron chi connectivity index (χ2n) is 6.32. The van der Waals surface area contributed by atoms with E-state index in [2.05, 4.69) is 5.32 Å². The summed E-state index contributed by atoms with van der Waals surface area (Å²) >= 11 is 6.07. The maximum absolute atomic E-state index is 12.6. The first kappa shape index (κ1) is 20.0. The SMILES string of the molecule is CCOc1ccc(OCCNC(=O)c2ccc(Cl)cc2N2CCCC2=O)cc1. The van der Waals surface area contributed by atoms with Gasteiger partial charge in [0.05, 0.1) is 24.4 Å². The normalized spacial score (nSPS) is 13.5. The monoisotopic (exact) mass is 402 g/mol. The molecule has 1 aliphatic heterocycles. The number of nitrogens with one attached hydrogen (secondary N) is 1. The Morgan fingerprint density at radius 2 is 1.86 bits per heavy atom. The highest BCUT2D eigenvalue weighted by Gasteiger charge is 2.26. The van der Waals surface area contributed by atoms with E-state index in [9.17, 15) is 9.59 Å². The second kappa shape index (κ2) is 9.46. The molecule has 2 aromatic carbocycles. The maximum Gasteiger partial charge on any atom is 0.253 e. The molecule has 28 heavy (non-hydrogen) atoms. The Kier molecular flexibility index (Phi) is 6.76. The van der Waals surface area contributed by atoms with Gasteiger partial charge in [0.2, 0.25) is 5.91 Å². The zero-order valence-corrected chi connectivity index (χ0v) is 16.5. The van der Waals surface area contributed by atoms with E-state index in [1.54, 1.807) is 23.1 Å². The Balaban J connectivity index is 1.55. The molecule has 0 aliphatic carbocycles. The van der Waals surface area contributed by atoms with Crippen LogP contribution in [0.15, 0.2) is 42.5 Å². The number of amides is 2. The van der Waals surface area contributed by atoms with Crippen LogP contribution in [0.2, 0.25) is 5.02 Å². The predicted octanol–water partition coefficient (Wildman–Crippen LogP) is 3.67. The van der Waals surface area contributed by atoms with E-state index in [1.165, 1.54) is 0 Å². The number of carbonyl (C=O) groups is 2. The molecule has 1 aliphatic rings. The number of rotatable bonds is 8. The molecule has 0 bridgehead atoms. The molecule has 0 atom stereocenters. The molecule has 2 amide bonds. The molecule has 1 saturated heterocycles. The first-order chi connectivity index (χ1) is 13.6. The summed E-state index contributed by atoms with van der Waals surface area (Å²) in [6.45, 7) is 3.80. The van der Waals surface area contributed by atoms with E-state index < -0.39 is 0 Å². The van der Waals surface area contributed by atoms with Gasteiger partial charge in [0, 0.05) is 18.0 Å². The average molecular weight is 403 g/mol. The molecule has 1 heterocycles. The van der Waals surface area contributed by atoms with Crippen molar-refractivity contribution in [3.05, 3.63) is 53.1 Å². The van der Waals surface area contributed by atoms with Gasteiger partial charge in [0.15, 0.2) is 0 Å². The van der Waals surface area contributed by atoms with Crippen LogP contribution in [-0.4, -0.2) is 38.1 Å². The number of benzene rings is 2. The molecular weight excluding hydrogens is 380 g/mol. The maximum atomic E-state index is 12.6. The number of hydrogen-bond donors (Lipinski definition) is 1. The number of hydrogen-bond acceptors (Lipinski definition) is 4. The lowest BCUT2D eigenvalue weighted by Gasteiger charge is -2.19. The van der Waals surface area contributed by atoms with Gasteiger partial charge in [0.1, 0.15) is 18.1 Å². The molecular formula is C21H23ClN2O4. The molecule has 1 N–H and O–H groups in total. The van der Waals surface area contributed by atoms with E-state index in [0.29, 0.717) is 54.7 Å². The number of anilines is 1. The summed E-state index contributed by atoms with van der Waals surface area (Å²) in [4.78, 5) is 26.3. The third-order valence-corrected chi connectivity index (χ3v) is 4.59. The van der Waals surface area contributed by atoms with Gasteiger partial charge in [-0.2, -0.15) is 0 Å². The molecule has 0 aromatic heterocycles. The van der Waals surface area contributed by atoms with E-state index in [-0.39, 0.29) is 11.8 Å². The van der Waals surface area contributed by atoms with Crippen molar-refractivity contribution in [1.29, 1.82) is 0 Å². The predicted molar refractivity (Wildman–Crippen MR) is 108 cm³/mol. The molecule has 148 valence electrons. The molecule has 2 aromatic rings. The van der Waals surface area contributed by atoms with Crippen molar-refractivity contribution in [3.8, 4) is 11.5 Å². The molecule has 7 heteroatoms. The van der Waals surface area contributed by atoms with Crippen LogP contribution in [0.1, 0.15) is 30.1 Å². The van der Waals surface area contributed by atoms with Crippen LogP contribution in [0, 0.1) is 0 Å². The third-order valence-electron chi connectivity index (χ3n) is 4.36. The van der Waals surface area contributed by atoms with Crippen LogP contribution in [0.25, 0.3) is 0 Å². The minimum atomic E-state index is -0.262. The molecule has 0 spiro atoms. The van der Waals surface area contributed by atoms with Crippen LogP contribution < -0.4 is 19.7 Å². The van der Waals surface area contributed by atoms with Crippen molar-refractivity contribution in [2.45, 2.75) is 19.8 Å². The van der Waals surface area contributed by atoms with E-state index >= 15 is 0 Å². The average Bonchev–Trinajstić information content (AvgIpc) is 3.12. The highest BCUT2D eigenvalue weighted by Crippen LogP contribution is 2.28. The van der Waals surface area contributed by atoms with Gasteiger partial charge < -0.3 is 19.7 Å². The highest BCUT2D eigenvalue weighted by atomic mass is 35.5. The van der Waals surface area contributed by atoms with Crippen molar-refractivity contribution in [2.75, 3.05) is 31.2 Å². The number of ether oxygens (including phenoxy) is 2. The fourth-order valence-electron chi connectivity index (χ4n) is 3.05. The topological polar surface area (TPSA) is 67.9 Å². The summed E-state index contributed by atoms with van der Waals surface area (Å²) in [6.07, 6.45) is 1.27. The van der Waals surface area contributed by atoms with Gasteiger partial charge in [-0.05, 0) is 55.8 Å². The van der Waals surface area contributed by atoms with Crippen molar-refractivity contribution in [1.82, 2.24) is 5.32 Å². The molecule has 0 saturated carbocycles. The quantitative estimate of drug-likeness (QED) is 0.684. The lowest BCUT2D eigenvalue weighted by atomic mass is 10.1. The molecule has 1 fully saturated rings. The number of carbonyl (C=O) groups excluding carboxylic acids is 2. The summed E-state index contributed by atoms with van der Waals surface area (Å²) < 4.78 is 11.0. The Labute approximate surface area is 169 Å². The van der Waals surface area contributed by atoms with Crippen LogP contribution in [0.4, 0.5) is 5.69 Å². The van der Waals surface area contributed by atoms with Crippen LogP contribution >= 0.6 is 11.6 Å². The van der Waals surface area contributed by atoms with Crippen molar-refractivity contribution < 1.29 is 19.1 Å². The first-order valence-electron chi connectivity index (χ1n) is 9.32. The Bertz CT molecular complexity index is 839. The lowest BCUT2D eigenvalue weighted by molar-refractivity contribution is -0.117. The Morgan fingerprint density at radius 3 is 2.50 bits per heavy atom. The zero-order chi connectivity index (χ0) is 19.9. The van der Waals surface area contributed by atoms with Crippen molar-refractivity contribution >= 4 is 29.1 Å². The van der Waals surface area contributed by atoms with Gasteiger partial charge in [-0.25, -0.2) is 0 Å². The Morgan fingerprint density at radius 1 is 1.14 bits per heavy atom. The first-order valence-corrected chi connectivity index (χ1v) is 9.70. The second-order valence-corrected chi connectivity index (χ2v) is 6.76. The zero-order valence-electron chi connectivity index (χ0n) is 15.7. The summed E-state index contributed by atoms with van der Waals surface area (Å²) in [5.74, 6) is 1.24. The molecule has 0 unspecified atom stereocenters. The van der Waals surface area contributed by atoms with E-state index in [0.717, 1.165) is 12.2 Å². The summed E-state index contributed by atoms with van der Waals surface area (Å²) in [5.41, 5.74) is 0.987. The summed E-state index contributed by atoms with van der Waals surface area (Å²) in [6, 6.07) is 12.3. The largest absolute Gasteiger partial charge is 0.494 e. The van der Waals surface area contributed by atoms with E-state index in [1.807, 2.05) is 31.2 Å². The minimum absolute atomic E-state index is 0.00940. The highest BCUT2D eigenvalue weighted by molar-refractivity contribution is 6.31. The molecule has 6 nitrogen and oxygen atoms in total. The number of halogens is 1. The molecule has 0 radical (unpaired) electrons. The third kappa shape index (κ3) is 4.95.